The van der Waals surface area contributed by atoms with E-state index in [0.29, 0.717) is 0 Å². The Hall–Kier alpha value is -1.15. The Bertz CT molecular complexity index is 376. The van der Waals surface area contributed by atoms with Gasteiger partial charge >= 0.3 is 13.3 Å². The summed E-state index contributed by atoms with van der Waals surface area (Å²) in [4.78, 5) is 0. The van der Waals surface area contributed by atoms with Gasteiger partial charge in [-0.3, -0.25) is 0 Å². The molecule has 8 heteroatoms. The van der Waals surface area contributed by atoms with Gasteiger partial charge in [-0.25, -0.2) is 8.78 Å². The Balaban J connectivity index is 3.37. The number of alkyl halides is 3. The quantitative estimate of drug-likeness (QED) is 0.545. The van der Waals surface area contributed by atoms with Gasteiger partial charge in [0.15, 0.2) is 0 Å². The molecule has 0 aliphatic carbocycles. The molecule has 0 spiro atoms. The molecule has 0 heterocycles. The van der Waals surface area contributed by atoms with Gasteiger partial charge in [0.05, 0.1) is 5.56 Å². The fourth-order valence-electron chi connectivity index (χ4n) is 0.981. The van der Waals surface area contributed by atoms with Crippen molar-refractivity contribution >= 4 is 12.6 Å². The molecule has 0 saturated heterocycles. The minimum Gasteiger partial charge on any atom is -0.423 e. The molecule has 1 rings (SSSR count). The fourth-order valence-corrected chi connectivity index (χ4v) is 0.981. The van der Waals surface area contributed by atoms with Gasteiger partial charge in [-0.2, -0.15) is 13.2 Å². The van der Waals surface area contributed by atoms with Gasteiger partial charge < -0.3 is 10.0 Å². The minimum atomic E-state index is -5.01. The van der Waals surface area contributed by atoms with Gasteiger partial charge in [-0.05, 0) is 6.07 Å². The van der Waals surface area contributed by atoms with Crippen LogP contribution in [-0.4, -0.2) is 17.2 Å². The first-order valence-corrected chi connectivity index (χ1v) is 3.65. The van der Waals surface area contributed by atoms with E-state index in [-0.39, 0.29) is 12.1 Å². The van der Waals surface area contributed by atoms with E-state index in [0.717, 1.165) is 0 Å². The molecule has 0 bridgehead atoms. The summed E-state index contributed by atoms with van der Waals surface area (Å²) in [6.45, 7) is 0. The predicted octanol–water partition coefficient (Wildman–Crippen LogP) is 0.663. The molecule has 0 aliphatic heterocycles. The predicted molar refractivity (Wildman–Crippen MR) is 41.2 cm³/mol. The highest BCUT2D eigenvalue weighted by molar-refractivity contribution is 6.58. The molecule has 82 valence electrons. The van der Waals surface area contributed by atoms with E-state index >= 15 is 0 Å². The molecule has 0 amide bonds. The van der Waals surface area contributed by atoms with Crippen LogP contribution in [-0.2, 0) is 6.18 Å². The molecule has 0 fully saturated rings. The standard InChI is InChI=1S/C7H4BF5O2/c9-5-2-6(10)4(8(14)15)1-3(5)7(11,12)13/h1-2,14-15H. The van der Waals surface area contributed by atoms with Crippen molar-refractivity contribution in [1.82, 2.24) is 0 Å². The van der Waals surface area contributed by atoms with Crippen molar-refractivity contribution < 1.29 is 32.0 Å². The van der Waals surface area contributed by atoms with E-state index < -0.39 is 36.0 Å². The topological polar surface area (TPSA) is 40.5 Å². The van der Waals surface area contributed by atoms with E-state index in [1.165, 1.54) is 0 Å². The van der Waals surface area contributed by atoms with Crippen LogP contribution in [0.5, 0.6) is 0 Å². The van der Waals surface area contributed by atoms with Gasteiger partial charge in [0.25, 0.3) is 0 Å². The van der Waals surface area contributed by atoms with Crippen molar-refractivity contribution in [2.24, 2.45) is 0 Å². The van der Waals surface area contributed by atoms with Crippen molar-refractivity contribution in [2.75, 3.05) is 0 Å². The van der Waals surface area contributed by atoms with Gasteiger partial charge in [0.2, 0.25) is 0 Å². The average Bonchev–Trinajstić information content (AvgIpc) is 2.00. The lowest BCUT2D eigenvalue weighted by Crippen LogP contribution is -2.34. The summed E-state index contributed by atoms with van der Waals surface area (Å²) in [5.74, 6) is -3.25. The maximum atomic E-state index is 12.7. The normalized spacial score (nSPS) is 11.7. The molecule has 15 heavy (non-hydrogen) atoms. The van der Waals surface area contributed by atoms with Crippen molar-refractivity contribution in [3.05, 3.63) is 29.3 Å². The molecule has 2 N–H and O–H groups in total. The Labute approximate surface area is 81.1 Å². The van der Waals surface area contributed by atoms with Crippen molar-refractivity contribution in [1.29, 1.82) is 0 Å². The summed E-state index contributed by atoms with van der Waals surface area (Å²) in [5, 5.41) is 17.0. The van der Waals surface area contributed by atoms with E-state index in [2.05, 4.69) is 0 Å². The zero-order valence-electron chi connectivity index (χ0n) is 7.02. The summed E-state index contributed by atoms with van der Waals surface area (Å²) >= 11 is 0. The van der Waals surface area contributed by atoms with Crippen LogP contribution in [0.15, 0.2) is 12.1 Å². The first-order valence-electron chi connectivity index (χ1n) is 3.65. The van der Waals surface area contributed by atoms with Gasteiger partial charge in [-0.1, -0.05) is 0 Å². The molecule has 1 aromatic carbocycles. The average molecular weight is 226 g/mol. The zero-order chi connectivity index (χ0) is 11.8. The largest absolute Gasteiger partial charge is 0.491 e. The lowest BCUT2D eigenvalue weighted by atomic mass is 9.79. The molecule has 0 aliphatic rings. The number of hydrogen-bond donors (Lipinski definition) is 2. The smallest absolute Gasteiger partial charge is 0.423 e. The summed E-state index contributed by atoms with van der Waals surface area (Å²) in [6.07, 6.45) is -5.01. The van der Waals surface area contributed by atoms with E-state index in [4.69, 9.17) is 10.0 Å². The summed E-state index contributed by atoms with van der Waals surface area (Å²) in [6, 6.07) is -0.0209. The molecule has 0 atom stereocenters. The molecular formula is C7H4BF5O2. The van der Waals surface area contributed by atoms with Crippen LogP contribution in [0, 0.1) is 11.6 Å². The number of benzene rings is 1. The lowest BCUT2D eigenvalue weighted by molar-refractivity contribution is -0.139. The Morgan fingerprint density at radius 3 is 1.93 bits per heavy atom. The molecular weight excluding hydrogens is 222 g/mol. The second kappa shape index (κ2) is 3.78. The van der Waals surface area contributed by atoms with Crippen molar-refractivity contribution in [2.45, 2.75) is 6.18 Å². The van der Waals surface area contributed by atoms with Crippen LogP contribution in [0.4, 0.5) is 22.0 Å². The maximum absolute atomic E-state index is 12.7. The molecule has 0 saturated carbocycles. The summed E-state index contributed by atoms with van der Waals surface area (Å²) in [7, 11) is -2.42. The van der Waals surface area contributed by atoms with Crippen LogP contribution >= 0.6 is 0 Å². The highest BCUT2D eigenvalue weighted by Gasteiger charge is 2.36. The van der Waals surface area contributed by atoms with Crippen molar-refractivity contribution in [3.63, 3.8) is 0 Å². The van der Waals surface area contributed by atoms with Crippen LogP contribution in [0.1, 0.15) is 5.56 Å². The third-order valence-electron chi connectivity index (χ3n) is 1.67. The van der Waals surface area contributed by atoms with Gasteiger partial charge in [-0.15, -0.1) is 0 Å². The van der Waals surface area contributed by atoms with Crippen LogP contribution < -0.4 is 5.46 Å². The molecule has 2 nitrogen and oxygen atoms in total. The van der Waals surface area contributed by atoms with Crippen LogP contribution in [0.3, 0.4) is 0 Å². The number of rotatable bonds is 1. The highest BCUT2D eigenvalue weighted by atomic mass is 19.4. The fraction of sp³-hybridized carbons (Fsp3) is 0.143. The first-order chi connectivity index (χ1) is 6.73. The third kappa shape index (κ3) is 2.45. The molecule has 1 aromatic rings. The second-order valence-corrected chi connectivity index (χ2v) is 2.72. The monoisotopic (exact) mass is 226 g/mol. The number of halogens is 5. The van der Waals surface area contributed by atoms with Crippen LogP contribution in [0.25, 0.3) is 0 Å². The molecule has 0 aromatic heterocycles. The SMILES string of the molecule is OB(O)c1cc(C(F)(F)F)c(F)cc1F. The number of hydrogen-bond acceptors (Lipinski definition) is 2. The molecule has 0 unspecified atom stereocenters. The Morgan fingerprint density at radius 1 is 1.00 bits per heavy atom. The Morgan fingerprint density at radius 2 is 1.53 bits per heavy atom. The lowest BCUT2D eigenvalue weighted by Gasteiger charge is -2.10. The summed E-state index contributed by atoms with van der Waals surface area (Å²) in [5.41, 5.74) is -2.77. The van der Waals surface area contributed by atoms with Crippen LogP contribution in [0.2, 0.25) is 0 Å². The van der Waals surface area contributed by atoms with Gasteiger partial charge in [0, 0.05) is 11.5 Å². The maximum Gasteiger partial charge on any atom is 0.491 e. The van der Waals surface area contributed by atoms with Crippen molar-refractivity contribution in [3.8, 4) is 0 Å². The minimum absolute atomic E-state index is 0.0231. The highest BCUT2D eigenvalue weighted by Crippen LogP contribution is 2.30. The summed E-state index contributed by atoms with van der Waals surface area (Å²) < 4.78 is 61.7. The second-order valence-electron chi connectivity index (χ2n) is 2.72. The van der Waals surface area contributed by atoms with Gasteiger partial charge in [0.1, 0.15) is 11.6 Å². The first kappa shape index (κ1) is 11.9. The Kier molecular flexibility index (Phi) is 3.01. The van der Waals surface area contributed by atoms with E-state index in [9.17, 15) is 22.0 Å². The van der Waals surface area contributed by atoms with E-state index in [1.54, 1.807) is 0 Å². The van der Waals surface area contributed by atoms with E-state index in [1.807, 2.05) is 0 Å². The third-order valence-corrected chi connectivity index (χ3v) is 1.67. The zero-order valence-corrected chi connectivity index (χ0v) is 7.02. The molecule has 0 radical (unpaired) electrons.